The highest BCUT2D eigenvalue weighted by atomic mass is 16.6. The van der Waals surface area contributed by atoms with Gasteiger partial charge in [0.25, 0.3) is 0 Å². The fourth-order valence-electron chi connectivity index (χ4n) is 1.71. The van der Waals surface area contributed by atoms with E-state index in [0.29, 0.717) is 0 Å². The topological polar surface area (TPSA) is 61.5 Å². The smallest absolute Gasteiger partial charge is 0.322 e. The van der Waals surface area contributed by atoms with Crippen molar-refractivity contribution in [3.63, 3.8) is 0 Å². The number of nitrogens with two attached hydrogens (primary N) is 1. The predicted molar refractivity (Wildman–Crippen MR) is 52.8 cm³/mol. The van der Waals surface area contributed by atoms with Crippen molar-refractivity contribution in [1.82, 2.24) is 0 Å². The van der Waals surface area contributed by atoms with Crippen LogP contribution < -0.4 is 5.73 Å². The Hall–Kier alpha value is -0.610. The molecule has 14 heavy (non-hydrogen) atoms. The molecule has 0 bridgehead atoms. The zero-order valence-electron chi connectivity index (χ0n) is 9.03. The SMILES string of the molecule is CC1CC(OC(=O)C(C)N)CC(C)O1. The summed E-state index contributed by atoms with van der Waals surface area (Å²) in [6.45, 7) is 5.61. The summed E-state index contributed by atoms with van der Waals surface area (Å²) in [4.78, 5) is 11.2. The fraction of sp³-hybridized carbons (Fsp3) is 0.900. The molecule has 4 nitrogen and oxygen atoms in total. The number of esters is 1. The van der Waals surface area contributed by atoms with E-state index in [1.165, 1.54) is 0 Å². The van der Waals surface area contributed by atoms with Crippen LogP contribution in [0.2, 0.25) is 0 Å². The number of carbonyl (C=O) groups excluding carboxylic acids is 1. The van der Waals surface area contributed by atoms with E-state index in [1.807, 2.05) is 13.8 Å². The molecule has 1 aliphatic heterocycles. The van der Waals surface area contributed by atoms with Crippen LogP contribution in [0.5, 0.6) is 0 Å². The first kappa shape index (κ1) is 11.5. The van der Waals surface area contributed by atoms with E-state index in [0.717, 1.165) is 12.8 Å². The lowest BCUT2D eigenvalue weighted by Crippen LogP contribution is -2.39. The van der Waals surface area contributed by atoms with Gasteiger partial charge < -0.3 is 15.2 Å². The maximum absolute atomic E-state index is 11.2. The van der Waals surface area contributed by atoms with Gasteiger partial charge in [0.15, 0.2) is 0 Å². The zero-order valence-corrected chi connectivity index (χ0v) is 9.03. The molecule has 0 aromatic carbocycles. The van der Waals surface area contributed by atoms with Gasteiger partial charge in [-0.25, -0.2) is 0 Å². The molecule has 1 aliphatic rings. The van der Waals surface area contributed by atoms with E-state index < -0.39 is 6.04 Å². The Morgan fingerprint density at radius 1 is 1.43 bits per heavy atom. The molecule has 0 aliphatic carbocycles. The molecule has 1 fully saturated rings. The van der Waals surface area contributed by atoms with E-state index >= 15 is 0 Å². The van der Waals surface area contributed by atoms with Gasteiger partial charge in [0.1, 0.15) is 12.1 Å². The average molecular weight is 201 g/mol. The number of hydrogen-bond acceptors (Lipinski definition) is 4. The summed E-state index contributed by atoms with van der Waals surface area (Å²) >= 11 is 0. The molecule has 0 spiro atoms. The normalized spacial score (nSPS) is 35.0. The lowest BCUT2D eigenvalue weighted by molar-refractivity contribution is -0.160. The maximum atomic E-state index is 11.2. The Morgan fingerprint density at radius 3 is 2.36 bits per heavy atom. The van der Waals surface area contributed by atoms with Crippen LogP contribution in [-0.4, -0.2) is 30.3 Å². The average Bonchev–Trinajstić information content (AvgIpc) is 2.01. The first-order valence-corrected chi connectivity index (χ1v) is 5.10. The maximum Gasteiger partial charge on any atom is 0.322 e. The highest BCUT2D eigenvalue weighted by molar-refractivity contribution is 5.75. The number of rotatable bonds is 2. The molecule has 0 amide bonds. The third-order valence-electron chi connectivity index (χ3n) is 2.31. The third-order valence-corrected chi connectivity index (χ3v) is 2.31. The van der Waals surface area contributed by atoms with Crippen molar-refractivity contribution in [1.29, 1.82) is 0 Å². The molecule has 0 aromatic heterocycles. The summed E-state index contributed by atoms with van der Waals surface area (Å²) in [7, 11) is 0. The Morgan fingerprint density at radius 2 is 1.93 bits per heavy atom. The van der Waals surface area contributed by atoms with Gasteiger partial charge in [-0.2, -0.15) is 0 Å². The molecule has 0 saturated carbocycles. The Kier molecular flexibility index (Phi) is 3.89. The van der Waals surface area contributed by atoms with Crippen molar-refractivity contribution in [2.45, 2.75) is 58.0 Å². The summed E-state index contributed by atoms with van der Waals surface area (Å²) < 4.78 is 10.8. The number of carbonyl (C=O) groups is 1. The van der Waals surface area contributed by atoms with Crippen molar-refractivity contribution >= 4 is 5.97 Å². The molecule has 1 rings (SSSR count). The van der Waals surface area contributed by atoms with Crippen molar-refractivity contribution in [3.05, 3.63) is 0 Å². The minimum atomic E-state index is -0.538. The van der Waals surface area contributed by atoms with Crippen molar-refractivity contribution in [3.8, 4) is 0 Å². The van der Waals surface area contributed by atoms with Crippen LogP contribution in [0, 0.1) is 0 Å². The van der Waals surface area contributed by atoms with Crippen molar-refractivity contribution < 1.29 is 14.3 Å². The van der Waals surface area contributed by atoms with Gasteiger partial charge in [-0.15, -0.1) is 0 Å². The predicted octanol–water partition coefficient (Wildman–Crippen LogP) is 0.833. The van der Waals surface area contributed by atoms with E-state index in [1.54, 1.807) is 6.92 Å². The quantitative estimate of drug-likeness (QED) is 0.672. The molecule has 3 unspecified atom stereocenters. The van der Waals surface area contributed by atoms with Gasteiger partial charge in [-0.1, -0.05) is 0 Å². The van der Waals surface area contributed by atoms with Gasteiger partial charge in [-0.05, 0) is 20.8 Å². The minimum Gasteiger partial charge on any atom is -0.461 e. The van der Waals surface area contributed by atoms with Gasteiger partial charge >= 0.3 is 5.97 Å². The standard InChI is InChI=1S/C10H19NO3/c1-6-4-9(5-7(2)13-6)14-10(12)8(3)11/h6-9H,4-5,11H2,1-3H3. The van der Waals surface area contributed by atoms with Crippen LogP contribution >= 0.6 is 0 Å². The molecular formula is C10H19NO3. The molecular weight excluding hydrogens is 182 g/mol. The zero-order chi connectivity index (χ0) is 10.7. The molecule has 3 atom stereocenters. The van der Waals surface area contributed by atoms with Gasteiger partial charge in [0, 0.05) is 12.8 Å². The fourth-order valence-corrected chi connectivity index (χ4v) is 1.71. The van der Waals surface area contributed by atoms with Gasteiger partial charge in [-0.3, -0.25) is 4.79 Å². The summed E-state index contributed by atoms with van der Waals surface area (Å²) in [6.07, 6.45) is 1.81. The summed E-state index contributed by atoms with van der Waals surface area (Å²) in [5, 5.41) is 0. The van der Waals surface area contributed by atoms with E-state index in [4.69, 9.17) is 15.2 Å². The van der Waals surface area contributed by atoms with Crippen LogP contribution in [-0.2, 0) is 14.3 Å². The van der Waals surface area contributed by atoms with E-state index in [2.05, 4.69) is 0 Å². The summed E-state index contributed by atoms with van der Waals surface area (Å²) in [5.74, 6) is -0.323. The highest BCUT2D eigenvalue weighted by Crippen LogP contribution is 2.21. The molecule has 1 heterocycles. The number of hydrogen-bond donors (Lipinski definition) is 1. The van der Waals surface area contributed by atoms with E-state index in [-0.39, 0.29) is 24.3 Å². The van der Waals surface area contributed by atoms with Crippen LogP contribution in [0.1, 0.15) is 33.6 Å². The summed E-state index contributed by atoms with van der Waals surface area (Å²) in [6, 6.07) is -0.538. The van der Waals surface area contributed by atoms with Crippen molar-refractivity contribution in [2.24, 2.45) is 5.73 Å². The van der Waals surface area contributed by atoms with Crippen LogP contribution in [0.3, 0.4) is 0 Å². The van der Waals surface area contributed by atoms with E-state index in [9.17, 15) is 4.79 Å². The first-order valence-electron chi connectivity index (χ1n) is 5.10. The Balaban J connectivity index is 2.40. The molecule has 82 valence electrons. The molecule has 0 radical (unpaired) electrons. The van der Waals surface area contributed by atoms with Crippen LogP contribution in [0.15, 0.2) is 0 Å². The molecule has 1 saturated heterocycles. The largest absolute Gasteiger partial charge is 0.461 e. The molecule has 4 heteroatoms. The van der Waals surface area contributed by atoms with Crippen LogP contribution in [0.25, 0.3) is 0 Å². The Bertz CT molecular complexity index is 196. The first-order chi connectivity index (χ1) is 6.49. The monoisotopic (exact) mass is 201 g/mol. The second kappa shape index (κ2) is 4.75. The summed E-state index contributed by atoms with van der Waals surface area (Å²) in [5.41, 5.74) is 5.42. The highest BCUT2D eigenvalue weighted by Gasteiger charge is 2.27. The number of ether oxygens (including phenoxy) is 2. The molecule has 2 N–H and O–H groups in total. The van der Waals surface area contributed by atoms with Gasteiger partial charge in [0.05, 0.1) is 12.2 Å². The Labute approximate surface area is 84.7 Å². The van der Waals surface area contributed by atoms with Crippen LogP contribution in [0.4, 0.5) is 0 Å². The van der Waals surface area contributed by atoms with Gasteiger partial charge in [0.2, 0.25) is 0 Å². The lowest BCUT2D eigenvalue weighted by Gasteiger charge is -2.31. The molecule has 0 aromatic rings. The second-order valence-corrected chi connectivity index (χ2v) is 4.08. The minimum absolute atomic E-state index is 0.0350. The second-order valence-electron chi connectivity index (χ2n) is 4.08. The third kappa shape index (κ3) is 3.27. The lowest BCUT2D eigenvalue weighted by atomic mass is 10.0. The van der Waals surface area contributed by atoms with Crippen molar-refractivity contribution in [2.75, 3.05) is 0 Å².